The molecule has 0 saturated heterocycles. The lowest BCUT2D eigenvalue weighted by Crippen LogP contribution is -3.04. The molecule has 0 spiro atoms. The second kappa shape index (κ2) is 4.73. The van der Waals surface area contributed by atoms with Crippen molar-refractivity contribution in [3.05, 3.63) is 60.7 Å². The fraction of sp³-hybridized carbons (Fsp3) is 0.0714. The first-order valence-corrected chi connectivity index (χ1v) is 5.28. The third kappa shape index (κ3) is 2.18. The van der Waals surface area contributed by atoms with Gasteiger partial charge in [0.25, 0.3) is 0 Å². The van der Waals surface area contributed by atoms with E-state index in [1.165, 1.54) is 0 Å². The van der Waals surface area contributed by atoms with Crippen LogP contribution in [0.1, 0.15) is 6.92 Å². The molecular formula is C14H14NO+. The predicted octanol–water partition coefficient (Wildman–Crippen LogP) is 2.08. The van der Waals surface area contributed by atoms with Crippen molar-refractivity contribution < 1.29 is 9.69 Å². The molecule has 1 amide bonds. The minimum atomic E-state index is 0.0948. The Morgan fingerprint density at radius 1 is 0.812 bits per heavy atom. The largest absolute Gasteiger partial charge is 0.319 e. The van der Waals surface area contributed by atoms with Gasteiger partial charge in [-0.25, -0.2) is 9.69 Å². The maximum atomic E-state index is 11.7. The van der Waals surface area contributed by atoms with E-state index < -0.39 is 0 Å². The minimum absolute atomic E-state index is 0.0948. The van der Waals surface area contributed by atoms with E-state index in [2.05, 4.69) is 0 Å². The average molecular weight is 212 g/mol. The Bertz CT molecular complexity index is 425. The molecule has 0 radical (unpaired) electrons. The standard InChI is InChI=1S/C14H13NO/c1-12(16)15(13-8-4-2-5-9-13)14-10-6-3-7-11-14/h2-11H,1H3/p+1. The van der Waals surface area contributed by atoms with Crippen LogP contribution in [0.5, 0.6) is 0 Å². The van der Waals surface area contributed by atoms with Gasteiger partial charge < -0.3 is 0 Å². The summed E-state index contributed by atoms with van der Waals surface area (Å²) in [6, 6.07) is 19.5. The van der Waals surface area contributed by atoms with Crippen molar-refractivity contribution in [3.63, 3.8) is 0 Å². The lowest BCUT2D eigenvalue weighted by molar-refractivity contribution is -0.671. The van der Waals surface area contributed by atoms with Crippen LogP contribution >= 0.6 is 0 Å². The second-order valence-corrected chi connectivity index (χ2v) is 3.66. The summed E-state index contributed by atoms with van der Waals surface area (Å²) in [5.74, 6) is 0.0948. The van der Waals surface area contributed by atoms with Crippen LogP contribution in [0.25, 0.3) is 0 Å². The first-order valence-electron chi connectivity index (χ1n) is 5.28. The third-order valence-electron chi connectivity index (χ3n) is 2.48. The number of nitrogens with one attached hydrogen (secondary N) is 1. The number of carbonyl (C=O) groups excluding carboxylic acids is 1. The molecule has 0 unspecified atom stereocenters. The van der Waals surface area contributed by atoms with Gasteiger partial charge in [-0.3, -0.25) is 0 Å². The molecular weight excluding hydrogens is 198 g/mol. The molecule has 0 fully saturated rings. The van der Waals surface area contributed by atoms with Gasteiger partial charge in [-0.1, -0.05) is 36.4 Å². The first-order chi connectivity index (χ1) is 7.79. The van der Waals surface area contributed by atoms with Crippen molar-refractivity contribution >= 4 is 17.3 Å². The molecule has 2 nitrogen and oxygen atoms in total. The molecule has 0 heterocycles. The predicted molar refractivity (Wildman–Crippen MR) is 63.8 cm³/mol. The van der Waals surface area contributed by atoms with Gasteiger partial charge in [0, 0.05) is 0 Å². The SMILES string of the molecule is CC(=O)[NH+](c1ccccc1)c1ccccc1. The van der Waals surface area contributed by atoms with Gasteiger partial charge in [0.2, 0.25) is 0 Å². The summed E-state index contributed by atoms with van der Waals surface area (Å²) >= 11 is 0. The maximum absolute atomic E-state index is 11.7. The number of hydrogen-bond acceptors (Lipinski definition) is 1. The van der Waals surface area contributed by atoms with Crippen LogP contribution < -0.4 is 4.90 Å². The Labute approximate surface area is 95.1 Å². The molecule has 80 valence electrons. The van der Waals surface area contributed by atoms with Crippen LogP contribution in [0, 0.1) is 0 Å². The molecule has 0 bridgehead atoms. The Kier molecular flexibility index (Phi) is 3.13. The van der Waals surface area contributed by atoms with Gasteiger partial charge in [-0.15, -0.1) is 0 Å². The van der Waals surface area contributed by atoms with Gasteiger partial charge in [-0.2, -0.15) is 0 Å². The van der Waals surface area contributed by atoms with E-state index in [9.17, 15) is 4.79 Å². The minimum Gasteiger partial charge on any atom is -0.230 e. The van der Waals surface area contributed by atoms with Crippen molar-refractivity contribution in [3.8, 4) is 0 Å². The molecule has 2 heteroatoms. The molecule has 0 atom stereocenters. The van der Waals surface area contributed by atoms with E-state index in [1.807, 2.05) is 60.7 Å². The van der Waals surface area contributed by atoms with Crippen LogP contribution in [0.4, 0.5) is 11.4 Å². The fourth-order valence-corrected chi connectivity index (χ4v) is 1.78. The number of amides is 1. The van der Waals surface area contributed by atoms with E-state index in [0.717, 1.165) is 16.3 Å². The van der Waals surface area contributed by atoms with Crippen LogP contribution in [0.15, 0.2) is 60.7 Å². The van der Waals surface area contributed by atoms with Gasteiger partial charge in [0.1, 0.15) is 11.4 Å². The molecule has 2 aromatic rings. The smallest absolute Gasteiger partial charge is 0.230 e. The summed E-state index contributed by atoms with van der Waals surface area (Å²) < 4.78 is 0. The zero-order valence-electron chi connectivity index (χ0n) is 9.18. The van der Waals surface area contributed by atoms with Crippen molar-refractivity contribution in [2.75, 3.05) is 0 Å². The van der Waals surface area contributed by atoms with Crippen LogP contribution in [-0.2, 0) is 4.79 Å². The summed E-state index contributed by atoms with van der Waals surface area (Å²) in [5.41, 5.74) is 1.95. The number of hydrogen-bond donors (Lipinski definition) is 1. The van der Waals surface area contributed by atoms with Crippen LogP contribution in [0.3, 0.4) is 0 Å². The molecule has 0 saturated carbocycles. The number of quaternary nitrogens is 1. The molecule has 16 heavy (non-hydrogen) atoms. The third-order valence-corrected chi connectivity index (χ3v) is 2.48. The molecule has 0 aliphatic heterocycles. The van der Waals surface area contributed by atoms with E-state index in [0.29, 0.717) is 0 Å². The zero-order chi connectivity index (χ0) is 11.4. The number of rotatable bonds is 2. The molecule has 0 aliphatic carbocycles. The van der Waals surface area contributed by atoms with E-state index in [1.54, 1.807) is 6.92 Å². The average Bonchev–Trinajstić information content (AvgIpc) is 2.31. The van der Waals surface area contributed by atoms with Gasteiger partial charge in [0.05, 0.1) is 6.92 Å². The lowest BCUT2D eigenvalue weighted by atomic mass is 10.2. The van der Waals surface area contributed by atoms with Crippen molar-refractivity contribution in [2.45, 2.75) is 6.92 Å². The highest BCUT2D eigenvalue weighted by atomic mass is 16.2. The van der Waals surface area contributed by atoms with Crippen LogP contribution in [0.2, 0.25) is 0 Å². The number of carbonyl (C=O) groups is 1. The van der Waals surface area contributed by atoms with E-state index in [4.69, 9.17) is 0 Å². The summed E-state index contributed by atoms with van der Waals surface area (Å²) in [7, 11) is 0. The normalized spacial score (nSPS) is 10.4. The summed E-state index contributed by atoms with van der Waals surface area (Å²) in [5, 5.41) is 0. The highest BCUT2D eigenvalue weighted by Gasteiger charge is 2.19. The highest BCUT2D eigenvalue weighted by Crippen LogP contribution is 2.06. The fourth-order valence-electron chi connectivity index (χ4n) is 1.78. The highest BCUT2D eigenvalue weighted by molar-refractivity contribution is 5.69. The molecule has 2 rings (SSSR count). The van der Waals surface area contributed by atoms with E-state index >= 15 is 0 Å². The lowest BCUT2D eigenvalue weighted by Gasteiger charge is -2.13. The van der Waals surface area contributed by atoms with Crippen LogP contribution in [-0.4, -0.2) is 5.91 Å². The maximum Gasteiger partial charge on any atom is 0.319 e. The number of para-hydroxylation sites is 2. The summed E-state index contributed by atoms with van der Waals surface area (Å²) in [4.78, 5) is 12.5. The zero-order valence-corrected chi connectivity index (χ0v) is 9.18. The van der Waals surface area contributed by atoms with Crippen molar-refractivity contribution in [2.24, 2.45) is 0 Å². The van der Waals surface area contributed by atoms with Crippen molar-refractivity contribution in [1.82, 2.24) is 0 Å². The Balaban J connectivity index is 2.44. The topological polar surface area (TPSA) is 21.5 Å². The summed E-state index contributed by atoms with van der Waals surface area (Å²) in [6.07, 6.45) is 0. The monoisotopic (exact) mass is 212 g/mol. The second-order valence-electron chi connectivity index (χ2n) is 3.66. The number of benzene rings is 2. The summed E-state index contributed by atoms with van der Waals surface area (Å²) in [6.45, 7) is 1.61. The van der Waals surface area contributed by atoms with Crippen molar-refractivity contribution in [1.29, 1.82) is 0 Å². The van der Waals surface area contributed by atoms with Gasteiger partial charge in [0.15, 0.2) is 0 Å². The Morgan fingerprint density at radius 3 is 1.50 bits per heavy atom. The molecule has 0 aliphatic rings. The van der Waals surface area contributed by atoms with Gasteiger partial charge in [-0.05, 0) is 24.3 Å². The Morgan fingerprint density at radius 2 is 1.19 bits per heavy atom. The first kappa shape index (κ1) is 10.6. The quantitative estimate of drug-likeness (QED) is 0.808. The molecule has 2 aromatic carbocycles. The molecule has 0 aromatic heterocycles. The van der Waals surface area contributed by atoms with E-state index in [-0.39, 0.29) is 5.91 Å². The Hall–Kier alpha value is -1.93. The molecule has 1 N–H and O–H groups in total. The van der Waals surface area contributed by atoms with Gasteiger partial charge >= 0.3 is 5.91 Å².